The average molecular weight is 263 g/mol. The van der Waals surface area contributed by atoms with Crippen LogP contribution in [0.1, 0.15) is 5.69 Å². The highest BCUT2D eigenvalue weighted by Gasteiger charge is 2.27. The van der Waals surface area contributed by atoms with Crippen molar-refractivity contribution in [1.29, 1.82) is 0 Å². The molecule has 0 aliphatic heterocycles. The first-order valence-electron chi connectivity index (χ1n) is 4.62. The fourth-order valence-electron chi connectivity index (χ4n) is 1.18. The van der Waals surface area contributed by atoms with Gasteiger partial charge in [0.15, 0.2) is 0 Å². The van der Waals surface area contributed by atoms with E-state index in [0.29, 0.717) is 5.69 Å². The van der Waals surface area contributed by atoms with Gasteiger partial charge in [0, 0.05) is 7.11 Å². The molecule has 1 aromatic rings. The van der Waals surface area contributed by atoms with Crippen molar-refractivity contribution < 1.29 is 23.1 Å². The molecule has 0 spiro atoms. The third kappa shape index (κ3) is 3.25. The highest BCUT2D eigenvalue weighted by molar-refractivity contribution is 7.89. The lowest BCUT2D eigenvalue weighted by Crippen LogP contribution is -2.43. The smallest absolute Gasteiger partial charge is 0.324 e. The Morgan fingerprint density at radius 3 is 2.76 bits per heavy atom. The van der Waals surface area contributed by atoms with Crippen LogP contribution in [0.25, 0.3) is 0 Å². The molecule has 17 heavy (non-hydrogen) atoms. The normalized spacial score (nSPS) is 13.5. The molecule has 9 heteroatoms. The summed E-state index contributed by atoms with van der Waals surface area (Å²) < 4.78 is 30.3. The van der Waals surface area contributed by atoms with Gasteiger partial charge in [0.1, 0.15) is 10.9 Å². The monoisotopic (exact) mass is 263 g/mol. The highest BCUT2D eigenvalue weighted by Crippen LogP contribution is 2.11. The van der Waals surface area contributed by atoms with Gasteiger partial charge >= 0.3 is 5.97 Å². The first-order valence-corrected chi connectivity index (χ1v) is 6.11. The van der Waals surface area contributed by atoms with E-state index >= 15 is 0 Å². The van der Waals surface area contributed by atoms with Crippen molar-refractivity contribution in [1.82, 2.24) is 14.9 Å². The first-order chi connectivity index (χ1) is 7.88. The van der Waals surface area contributed by atoms with Crippen molar-refractivity contribution >= 4 is 16.0 Å². The van der Waals surface area contributed by atoms with Crippen molar-refractivity contribution in [3.05, 3.63) is 11.9 Å². The number of carboxylic acid groups (broad SMARTS) is 1. The van der Waals surface area contributed by atoms with Gasteiger partial charge in [-0.25, -0.2) is 8.42 Å². The molecule has 8 nitrogen and oxygen atoms in total. The van der Waals surface area contributed by atoms with Crippen LogP contribution in [0.2, 0.25) is 0 Å². The molecule has 0 radical (unpaired) electrons. The van der Waals surface area contributed by atoms with E-state index in [1.807, 2.05) is 4.72 Å². The molecule has 1 unspecified atom stereocenters. The Labute approximate surface area is 98.0 Å². The summed E-state index contributed by atoms with van der Waals surface area (Å²) in [6.07, 6.45) is 1.11. The van der Waals surface area contributed by atoms with E-state index in [0.717, 1.165) is 6.20 Å². The van der Waals surface area contributed by atoms with E-state index in [1.165, 1.54) is 14.0 Å². The second kappa shape index (κ2) is 5.25. The lowest BCUT2D eigenvalue weighted by molar-refractivity contribution is -0.140. The summed E-state index contributed by atoms with van der Waals surface area (Å²) in [4.78, 5) is 10.7. The molecule has 0 fully saturated rings. The number of nitrogens with one attached hydrogen (secondary N) is 2. The number of nitrogens with zero attached hydrogens (tertiary/aromatic N) is 1. The van der Waals surface area contributed by atoms with Gasteiger partial charge < -0.3 is 9.84 Å². The van der Waals surface area contributed by atoms with Gasteiger partial charge in [0.25, 0.3) is 0 Å². The minimum Gasteiger partial charge on any atom is -0.480 e. The van der Waals surface area contributed by atoms with E-state index < -0.39 is 22.0 Å². The third-order valence-electron chi connectivity index (χ3n) is 2.00. The Balaban J connectivity index is 2.93. The van der Waals surface area contributed by atoms with Crippen molar-refractivity contribution in [2.24, 2.45) is 0 Å². The molecule has 0 aliphatic carbocycles. The Hall–Kier alpha value is -1.45. The summed E-state index contributed by atoms with van der Waals surface area (Å²) in [7, 11) is -2.63. The largest absolute Gasteiger partial charge is 0.480 e. The SMILES string of the molecule is COCC(NS(=O)(=O)c1cn[nH]c1C)C(=O)O. The fourth-order valence-corrected chi connectivity index (χ4v) is 2.49. The molecule has 1 atom stereocenters. The van der Waals surface area contributed by atoms with E-state index in [2.05, 4.69) is 14.9 Å². The fraction of sp³-hybridized carbons (Fsp3) is 0.500. The number of aliphatic carboxylic acids is 1. The number of ether oxygens (including phenoxy) is 1. The van der Waals surface area contributed by atoms with Gasteiger partial charge in [-0.05, 0) is 6.92 Å². The number of methoxy groups -OCH3 is 1. The zero-order chi connectivity index (χ0) is 13.1. The van der Waals surface area contributed by atoms with Crippen molar-refractivity contribution in [2.45, 2.75) is 17.9 Å². The molecule has 0 saturated heterocycles. The highest BCUT2D eigenvalue weighted by atomic mass is 32.2. The lowest BCUT2D eigenvalue weighted by atomic mass is 10.3. The lowest BCUT2D eigenvalue weighted by Gasteiger charge is -2.13. The van der Waals surface area contributed by atoms with Crippen LogP contribution in [-0.2, 0) is 19.6 Å². The number of carboxylic acids is 1. The molecule has 1 heterocycles. The van der Waals surface area contributed by atoms with Gasteiger partial charge in [0.2, 0.25) is 10.0 Å². The summed E-state index contributed by atoms with van der Waals surface area (Å²) >= 11 is 0. The van der Waals surface area contributed by atoms with Gasteiger partial charge in [-0.3, -0.25) is 9.89 Å². The number of carbonyl (C=O) groups is 1. The van der Waals surface area contributed by atoms with E-state index in [-0.39, 0.29) is 11.5 Å². The predicted molar refractivity (Wildman–Crippen MR) is 56.9 cm³/mol. The molecule has 0 saturated carbocycles. The number of H-pyrrole nitrogens is 1. The van der Waals surface area contributed by atoms with Crippen LogP contribution in [0.4, 0.5) is 0 Å². The maximum absolute atomic E-state index is 11.8. The zero-order valence-electron chi connectivity index (χ0n) is 9.30. The maximum atomic E-state index is 11.8. The first kappa shape index (κ1) is 13.6. The Bertz CT molecular complexity index is 495. The minimum absolute atomic E-state index is 0.0835. The zero-order valence-corrected chi connectivity index (χ0v) is 10.1. The number of aromatic nitrogens is 2. The van der Waals surface area contributed by atoms with E-state index in [9.17, 15) is 13.2 Å². The second-order valence-corrected chi connectivity index (χ2v) is 5.01. The van der Waals surface area contributed by atoms with Crippen LogP contribution in [0.15, 0.2) is 11.1 Å². The topological polar surface area (TPSA) is 121 Å². The molecular weight excluding hydrogens is 250 g/mol. The predicted octanol–water partition coefficient (Wildman–Crippen LogP) is -0.904. The van der Waals surface area contributed by atoms with Crippen LogP contribution >= 0.6 is 0 Å². The second-order valence-electron chi connectivity index (χ2n) is 3.33. The van der Waals surface area contributed by atoms with Crippen LogP contribution in [-0.4, -0.2) is 49.4 Å². The molecule has 0 bridgehead atoms. The molecule has 0 aliphatic rings. The van der Waals surface area contributed by atoms with Gasteiger partial charge in [-0.15, -0.1) is 0 Å². The summed E-state index contributed by atoms with van der Waals surface area (Å²) in [6, 6.07) is -1.33. The number of sulfonamides is 1. The summed E-state index contributed by atoms with van der Waals surface area (Å²) in [5, 5.41) is 14.8. The van der Waals surface area contributed by atoms with Crippen LogP contribution < -0.4 is 4.72 Å². The molecular formula is C8H13N3O5S. The van der Waals surface area contributed by atoms with Gasteiger partial charge in [-0.2, -0.15) is 9.82 Å². The van der Waals surface area contributed by atoms with Crippen molar-refractivity contribution in [3.63, 3.8) is 0 Å². The molecule has 1 aromatic heterocycles. The van der Waals surface area contributed by atoms with Crippen LogP contribution in [0.3, 0.4) is 0 Å². The Kier molecular flexibility index (Phi) is 4.21. The quantitative estimate of drug-likeness (QED) is 0.611. The van der Waals surface area contributed by atoms with Gasteiger partial charge in [-0.1, -0.05) is 0 Å². The Morgan fingerprint density at radius 2 is 2.35 bits per heavy atom. The van der Waals surface area contributed by atoms with Crippen LogP contribution in [0.5, 0.6) is 0 Å². The maximum Gasteiger partial charge on any atom is 0.324 e. The van der Waals surface area contributed by atoms with Gasteiger partial charge in [0.05, 0.1) is 18.5 Å². The summed E-state index contributed by atoms with van der Waals surface area (Å²) in [5.41, 5.74) is 0.332. The molecule has 96 valence electrons. The summed E-state index contributed by atoms with van der Waals surface area (Å²) in [6.45, 7) is 1.26. The minimum atomic E-state index is -3.92. The Morgan fingerprint density at radius 1 is 1.71 bits per heavy atom. The molecule has 3 N–H and O–H groups in total. The van der Waals surface area contributed by atoms with Crippen LogP contribution in [0, 0.1) is 6.92 Å². The van der Waals surface area contributed by atoms with E-state index in [4.69, 9.17) is 5.11 Å². The van der Waals surface area contributed by atoms with Crippen molar-refractivity contribution in [3.8, 4) is 0 Å². The third-order valence-corrected chi connectivity index (χ3v) is 3.59. The average Bonchev–Trinajstić information content (AvgIpc) is 2.64. The number of hydrogen-bond donors (Lipinski definition) is 3. The number of aromatic amines is 1. The molecule has 0 amide bonds. The number of aryl methyl sites for hydroxylation is 1. The summed E-state index contributed by atoms with van der Waals surface area (Å²) in [5.74, 6) is -1.31. The molecule has 0 aromatic carbocycles. The number of hydrogen-bond acceptors (Lipinski definition) is 5. The van der Waals surface area contributed by atoms with Crippen molar-refractivity contribution in [2.75, 3.05) is 13.7 Å². The standard InChI is InChI=1S/C8H13N3O5S/c1-5-7(3-9-10-5)17(14,15)11-6(4-16-2)8(12)13/h3,6,11H,4H2,1-2H3,(H,9,10)(H,12,13). The van der Waals surface area contributed by atoms with E-state index in [1.54, 1.807) is 0 Å². The number of rotatable bonds is 6. The molecule has 1 rings (SSSR count).